The van der Waals surface area contributed by atoms with Gasteiger partial charge >= 0.3 is 6.09 Å². The van der Waals surface area contributed by atoms with E-state index in [1.54, 1.807) is 11.1 Å². The molecule has 0 radical (unpaired) electrons. The van der Waals surface area contributed by atoms with E-state index in [1.807, 2.05) is 52.0 Å². The third kappa shape index (κ3) is 3.58. The maximum atomic E-state index is 12.9. The molecular weight excluding hydrogens is 300 g/mol. The van der Waals surface area contributed by atoms with Gasteiger partial charge in [-0.3, -0.25) is 4.90 Å². The zero-order valence-corrected chi connectivity index (χ0v) is 14.7. The minimum absolute atomic E-state index is 0.0338. The summed E-state index contributed by atoms with van der Waals surface area (Å²) in [5.74, 6) is 0.655. The second kappa shape index (κ2) is 6.27. The van der Waals surface area contributed by atoms with Crippen LogP contribution in [0.5, 0.6) is 0 Å². The Morgan fingerprint density at radius 1 is 1.17 bits per heavy atom. The van der Waals surface area contributed by atoms with Crippen LogP contribution in [-0.4, -0.2) is 22.7 Å². The van der Waals surface area contributed by atoms with Gasteiger partial charge in [-0.15, -0.1) is 0 Å². The van der Waals surface area contributed by atoms with Gasteiger partial charge < -0.3 is 4.74 Å². The van der Waals surface area contributed by atoms with Gasteiger partial charge in [0.2, 0.25) is 0 Å². The van der Waals surface area contributed by atoms with Crippen LogP contribution in [-0.2, 0) is 17.6 Å². The van der Waals surface area contributed by atoms with Crippen molar-refractivity contribution < 1.29 is 9.53 Å². The summed E-state index contributed by atoms with van der Waals surface area (Å²) in [5.41, 5.74) is 3.13. The normalized spacial score (nSPS) is 14.3. The SMILES string of the molecule is Cc1ccnc(N(C(=O)OC(C)(C)C)C2Cc3ccccc3C2)c1. The number of fused-ring (bicyclic) bond motifs is 1. The summed E-state index contributed by atoms with van der Waals surface area (Å²) >= 11 is 0. The number of hydrogen-bond donors (Lipinski definition) is 0. The number of rotatable bonds is 2. The van der Waals surface area contributed by atoms with E-state index in [1.165, 1.54) is 11.1 Å². The van der Waals surface area contributed by atoms with Gasteiger partial charge in [0, 0.05) is 12.2 Å². The van der Waals surface area contributed by atoms with E-state index in [0.717, 1.165) is 18.4 Å². The molecule has 1 heterocycles. The number of nitrogens with zero attached hydrogens (tertiary/aromatic N) is 2. The lowest BCUT2D eigenvalue weighted by molar-refractivity contribution is 0.0565. The first-order valence-electron chi connectivity index (χ1n) is 8.35. The second-order valence-corrected chi connectivity index (χ2v) is 7.37. The molecule has 3 rings (SSSR count). The Hall–Kier alpha value is -2.36. The number of benzene rings is 1. The summed E-state index contributed by atoms with van der Waals surface area (Å²) in [5, 5.41) is 0. The second-order valence-electron chi connectivity index (χ2n) is 7.37. The number of pyridine rings is 1. The Bertz CT molecular complexity index is 724. The maximum absolute atomic E-state index is 12.9. The first-order chi connectivity index (χ1) is 11.3. The standard InChI is InChI=1S/C20H24N2O2/c1-14-9-10-21-18(11-14)22(19(23)24-20(2,3)4)17-12-15-7-5-6-8-16(15)13-17/h5-11,17H,12-13H2,1-4H3. The maximum Gasteiger partial charge on any atom is 0.416 e. The summed E-state index contributed by atoms with van der Waals surface area (Å²) in [7, 11) is 0. The fourth-order valence-corrected chi connectivity index (χ4v) is 3.11. The third-order valence-electron chi connectivity index (χ3n) is 4.13. The number of aryl methyl sites for hydroxylation is 1. The topological polar surface area (TPSA) is 42.4 Å². The van der Waals surface area contributed by atoms with Gasteiger partial charge in [0.1, 0.15) is 11.4 Å². The molecule has 0 saturated heterocycles. The van der Waals surface area contributed by atoms with Gasteiger partial charge in [-0.25, -0.2) is 9.78 Å². The molecule has 1 aromatic carbocycles. The average molecular weight is 324 g/mol. The quantitative estimate of drug-likeness (QED) is 0.827. The fraction of sp³-hybridized carbons (Fsp3) is 0.400. The molecule has 4 heteroatoms. The first-order valence-corrected chi connectivity index (χ1v) is 8.35. The van der Waals surface area contributed by atoms with Crippen molar-refractivity contribution in [1.82, 2.24) is 4.98 Å². The van der Waals surface area contributed by atoms with Crippen molar-refractivity contribution in [3.63, 3.8) is 0 Å². The summed E-state index contributed by atoms with van der Waals surface area (Å²) in [6.45, 7) is 7.66. The Balaban J connectivity index is 1.93. The van der Waals surface area contributed by atoms with Gasteiger partial charge in [-0.05, 0) is 69.4 Å². The highest BCUT2D eigenvalue weighted by atomic mass is 16.6. The predicted molar refractivity (Wildman–Crippen MR) is 95.3 cm³/mol. The molecule has 0 unspecified atom stereocenters. The smallest absolute Gasteiger partial charge is 0.416 e. The zero-order chi connectivity index (χ0) is 17.3. The zero-order valence-electron chi connectivity index (χ0n) is 14.7. The number of ether oxygens (including phenoxy) is 1. The Morgan fingerprint density at radius 3 is 2.33 bits per heavy atom. The van der Waals surface area contributed by atoms with Crippen LogP contribution in [0.4, 0.5) is 10.6 Å². The third-order valence-corrected chi connectivity index (χ3v) is 4.13. The molecular formula is C20H24N2O2. The summed E-state index contributed by atoms with van der Waals surface area (Å²) < 4.78 is 5.65. The molecule has 1 aliphatic carbocycles. The molecule has 24 heavy (non-hydrogen) atoms. The molecule has 1 amide bonds. The van der Waals surface area contributed by atoms with E-state index < -0.39 is 5.60 Å². The molecule has 1 aliphatic rings. The van der Waals surface area contributed by atoms with Crippen LogP contribution in [0, 0.1) is 6.92 Å². The molecule has 4 nitrogen and oxygen atoms in total. The van der Waals surface area contributed by atoms with Gasteiger partial charge in [-0.2, -0.15) is 0 Å². The fourth-order valence-electron chi connectivity index (χ4n) is 3.11. The van der Waals surface area contributed by atoms with Crippen molar-refractivity contribution in [2.24, 2.45) is 0 Å². The first kappa shape index (κ1) is 16.5. The Kier molecular flexibility index (Phi) is 4.31. The van der Waals surface area contributed by atoms with Crippen LogP contribution in [0.25, 0.3) is 0 Å². The van der Waals surface area contributed by atoms with E-state index in [0.29, 0.717) is 5.82 Å². The molecule has 0 bridgehead atoms. The molecule has 2 aromatic rings. The molecule has 0 fully saturated rings. The van der Waals surface area contributed by atoms with E-state index in [9.17, 15) is 4.79 Å². The number of hydrogen-bond acceptors (Lipinski definition) is 3. The highest BCUT2D eigenvalue weighted by Gasteiger charge is 2.34. The van der Waals surface area contributed by atoms with Crippen LogP contribution in [0.2, 0.25) is 0 Å². The number of carbonyl (C=O) groups is 1. The number of aromatic nitrogens is 1. The highest BCUT2D eigenvalue weighted by Crippen LogP contribution is 2.29. The van der Waals surface area contributed by atoms with Gasteiger partial charge in [-0.1, -0.05) is 24.3 Å². The van der Waals surface area contributed by atoms with Crippen molar-refractivity contribution >= 4 is 11.9 Å². The largest absolute Gasteiger partial charge is 0.443 e. The number of carbonyl (C=O) groups excluding carboxylic acids is 1. The van der Waals surface area contributed by atoms with E-state index in [-0.39, 0.29) is 12.1 Å². The summed E-state index contributed by atoms with van der Waals surface area (Å²) in [6.07, 6.45) is 3.05. The van der Waals surface area contributed by atoms with Crippen LogP contribution in [0.15, 0.2) is 42.6 Å². The summed E-state index contributed by atoms with van der Waals surface area (Å²) in [6, 6.07) is 12.3. The minimum Gasteiger partial charge on any atom is -0.443 e. The van der Waals surface area contributed by atoms with E-state index in [4.69, 9.17) is 4.74 Å². The minimum atomic E-state index is -0.537. The van der Waals surface area contributed by atoms with E-state index >= 15 is 0 Å². The van der Waals surface area contributed by atoms with Crippen LogP contribution in [0.1, 0.15) is 37.5 Å². The molecule has 0 saturated carbocycles. The Morgan fingerprint density at radius 2 is 1.79 bits per heavy atom. The lowest BCUT2D eigenvalue weighted by Crippen LogP contribution is -2.44. The van der Waals surface area contributed by atoms with Gasteiger partial charge in [0.25, 0.3) is 0 Å². The lowest BCUT2D eigenvalue weighted by Gasteiger charge is -2.31. The lowest BCUT2D eigenvalue weighted by atomic mass is 10.1. The Labute approximate surface area is 143 Å². The van der Waals surface area contributed by atoms with Crippen LogP contribution in [0.3, 0.4) is 0 Å². The number of anilines is 1. The van der Waals surface area contributed by atoms with Crippen molar-refractivity contribution in [3.05, 3.63) is 59.3 Å². The summed E-state index contributed by atoms with van der Waals surface area (Å²) in [4.78, 5) is 19.0. The van der Waals surface area contributed by atoms with E-state index in [2.05, 4.69) is 17.1 Å². The molecule has 1 aromatic heterocycles. The van der Waals surface area contributed by atoms with Crippen molar-refractivity contribution in [2.75, 3.05) is 4.90 Å². The van der Waals surface area contributed by atoms with Gasteiger partial charge in [0.05, 0.1) is 0 Å². The molecule has 0 atom stereocenters. The van der Waals surface area contributed by atoms with Gasteiger partial charge in [0.15, 0.2) is 0 Å². The molecule has 0 spiro atoms. The molecule has 0 aliphatic heterocycles. The van der Waals surface area contributed by atoms with Crippen molar-refractivity contribution in [2.45, 2.75) is 52.2 Å². The van der Waals surface area contributed by atoms with Crippen LogP contribution < -0.4 is 4.90 Å². The monoisotopic (exact) mass is 324 g/mol. The number of amides is 1. The highest BCUT2D eigenvalue weighted by molar-refractivity contribution is 5.87. The van der Waals surface area contributed by atoms with Crippen molar-refractivity contribution in [1.29, 1.82) is 0 Å². The molecule has 0 N–H and O–H groups in total. The molecule has 126 valence electrons. The van der Waals surface area contributed by atoms with Crippen LogP contribution >= 0.6 is 0 Å². The average Bonchev–Trinajstić information content (AvgIpc) is 2.88. The predicted octanol–water partition coefficient (Wildman–Crippen LogP) is 4.30. The van der Waals surface area contributed by atoms with Crippen molar-refractivity contribution in [3.8, 4) is 0 Å².